The Bertz CT molecular complexity index is 339. The first-order chi connectivity index (χ1) is 11.0. The SMILES string of the molecule is CCCCCCCCCCN(C(C)=O)C1OC[C@@H](O)[C@H](O)[C@H]1O. The van der Waals surface area contributed by atoms with Crippen LogP contribution in [0.5, 0.6) is 0 Å². The van der Waals surface area contributed by atoms with Gasteiger partial charge < -0.3 is 25.0 Å². The highest BCUT2D eigenvalue weighted by atomic mass is 16.5. The van der Waals surface area contributed by atoms with Gasteiger partial charge in [-0.25, -0.2) is 0 Å². The number of rotatable bonds is 10. The van der Waals surface area contributed by atoms with Gasteiger partial charge in [0.2, 0.25) is 5.91 Å². The quantitative estimate of drug-likeness (QED) is 0.527. The lowest BCUT2D eigenvalue weighted by molar-refractivity contribution is -0.227. The molecule has 0 saturated carbocycles. The maximum Gasteiger partial charge on any atom is 0.221 e. The van der Waals surface area contributed by atoms with Crippen LogP contribution in [0.4, 0.5) is 0 Å². The minimum Gasteiger partial charge on any atom is -0.388 e. The van der Waals surface area contributed by atoms with Crippen LogP contribution in [0.3, 0.4) is 0 Å². The average molecular weight is 331 g/mol. The summed E-state index contributed by atoms with van der Waals surface area (Å²) in [7, 11) is 0. The van der Waals surface area contributed by atoms with Crippen LogP contribution in [0.15, 0.2) is 0 Å². The number of carbonyl (C=O) groups excluding carboxylic acids is 1. The molecular weight excluding hydrogens is 298 g/mol. The van der Waals surface area contributed by atoms with E-state index in [2.05, 4.69) is 6.92 Å². The second-order valence-electron chi connectivity index (χ2n) is 6.46. The number of hydrogen-bond donors (Lipinski definition) is 3. The van der Waals surface area contributed by atoms with Crippen molar-refractivity contribution in [2.45, 2.75) is 89.8 Å². The van der Waals surface area contributed by atoms with Gasteiger partial charge in [-0.1, -0.05) is 51.9 Å². The summed E-state index contributed by atoms with van der Waals surface area (Å²) in [6, 6.07) is 0. The molecule has 1 fully saturated rings. The number of unbranched alkanes of at least 4 members (excludes halogenated alkanes) is 7. The summed E-state index contributed by atoms with van der Waals surface area (Å²) in [5.41, 5.74) is 0. The Labute approximate surface area is 139 Å². The smallest absolute Gasteiger partial charge is 0.221 e. The Hall–Kier alpha value is -0.690. The molecule has 1 unspecified atom stereocenters. The summed E-state index contributed by atoms with van der Waals surface area (Å²) < 4.78 is 5.36. The fourth-order valence-electron chi connectivity index (χ4n) is 2.94. The van der Waals surface area contributed by atoms with Crippen LogP contribution >= 0.6 is 0 Å². The maximum absolute atomic E-state index is 11.8. The molecule has 6 heteroatoms. The molecule has 23 heavy (non-hydrogen) atoms. The highest BCUT2D eigenvalue weighted by molar-refractivity contribution is 5.73. The second kappa shape index (κ2) is 11.0. The van der Waals surface area contributed by atoms with Gasteiger partial charge in [-0.15, -0.1) is 0 Å². The Morgan fingerprint density at radius 3 is 2.13 bits per heavy atom. The zero-order chi connectivity index (χ0) is 17.2. The molecule has 3 N–H and O–H groups in total. The lowest BCUT2D eigenvalue weighted by Gasteiger charge is -2.41. The molecule has 1 amide bonds. The number of amides is 1. The fourth-order valence-corrected chi connectivity index (χ4v) is 2.94. The Morgan fingerprint density at radius 2 is 1.57 bits per heavy atom. The first kappa shape index (κ1) is 20.4. The van der Waals surface area contributed by atoms with Gasteiger partial charge in [0.25, 0.3) is 0 Å². The van der Waals surface area contributed by atoms with E-state index in [1.807, 2.05) is 0 Å². The van der Waals surface area contributed by atoms with Crippen molar-refractivity contribution in [1.29, 1.82) is 0 Å². The zero-order valence-electron chi connectivity index (χ0n) is 14.5. The molecule has 0 aromatic rings. The van der Waals surface area contributed by atoms with Crippen LogP contribution < -0.4 is 0 Å². The third-order valence-corrected chi connectivity index (χ3v) is 4.44. The van der Waals surface area contributed by atoms with Gasteiger partial charge in [0, 0.05) is 13.5 Å². The lowest BCUT2D eigenvalue weighted by Crippen LogP contribution is -2.60. The minimum absolute atomic E-state index is 0.0793. The van der Waals surface area contributed by atoms with E-state index >= 15 is 0 Å². The fraction of sp³-hybridized carbons (Fsp3) is 0.941. The van der Waals surface area contributed by atoms with E-state index in [1.54, 1.807) is 0 Å². The summed E-state index contributed by atoms with van der Waals surface area (Å²) in [4.78, 5) is 13.3. The Kier molecular flexibility index (Phi) is 9.71. The molecule has 136 valence electrons. The van der Waals surface area contributed by atoms with Gasteiger partial charge in [0.1, 0.15) is 18.3 Å². The minimum atomic E-state index is -1.28. The van der Waals surface area contributed by atoms with Crippen LogP contribution in [-0.2, 0) is 9.53 Å². The molecule has 4 atom stereocenters. The topological polar surface area (TPSA) is 90.2 Å². The molecule has 6 nitrogen and oxygen atoms in total. The van der Waals surface area contributed by atoms with Crippen molar-refractivity contribution in [3.05, 3.63) is 0 Å². The molecule has 0 aromatic carbocycles. The number of aliphatic hydroxyl groups is 3. The largest absolute Gasteiger partial charge is 0.388 e. The molecule has 1 aliphatic heterocycles. The van der Waals surface area contributed by atoms with Gasteiger partial charge >= 0.3 is 0 Å². The Morgan fingerprint density at radius 1 is 1.00 bits per heavy atom. The van der Waals surface area contributed by atoms with E-state index in [9.17, 15) is 20.1 Å². The van der Waals surface area contributed by atoms with E-state index in [0.29, 0.717) is 6.54 Å². The first-order valence-corrected chi connectivity index (χ1v) is 8.92. The molecule has 1 saturated heterocycles. The summed E-state index contributed by atoms with van der Waals surface area (Å²) in [6.45, 7) is 4.05. The highest BCUT2D eigenvalue weighted by Gasteiger charge is 2.41. The zero-order valence-corrected chi connectivity index (χ0v) is 14.5. The van der Waals surface area contributed by atoms with Crippen molar-refractivity contribution in [1.82, 2.24) is 4.90 Å². The van der Waals surface area contributed by atoms with Crippen molar-refractivity contribution in [3.8, 4) is 0 Å². The second-order valence-corrected chi connectivity index (χ2v) is 6.46. The predicted molar refractivity (Wildman–Crippen MR) is 87.8 cm³/mol. The molecule has 1 heterocycles. The van der Waals surface area contributed by atoms with Crippen molar-refractivity contribution in [2.24, 2.45) is 0 Å². The number of carbonyl (C=O) groups is 1. The van der Waals surface area contributed by atoms with E-state index < -0.39 is 24.5 Å². The molecule has 0 aromatic heterocycles. The lowest BCUT2D eigenvalue weighted by atomic mass is 10.0. The number of ether oxygens (including phenoxy) is 1. The van der Waals surface area contributed by atoms with Gasteiger partial charge in [-0.05, 0) is 6.42 Å². The summed E-state index contributed by atoms with van der Waals surface area (Å²) >= 11 is 0. The van der Waals surface area contributed by atoms with Crippen LogP contribution in [0.1, 0.15) is 65.2 Å². The first-order valence-electron chi connectivity index (χ1n) is 8.92. The van der Waals surface area contributed by atoms with E-state index in [-0.39, 0.29) is 12.5 Å². The standard InChI is InChI=1S/C17H33NO5/c1-3-4-5-6-7-8-9-10-11-18(13(2)19)17-16(22)15(21)14(20)12-23-17/h14-17,20-22H,3-12H2,1-2H3/t14-,15+,16-,17?/m1/s1. The van der Waals surface area contributed by atoms with Crippen molar-refractivity contribution < 1.29 is 24.9 Å². The van der Waals surface area contributed by atoms with E-state index in [0.717, 1.165) is 19.3 Å². The van der Waals surface area contributed by atoms with Gasteiger partial charge in [-0.2, -0.15) is 0 Å². The maximum atomic E-state index is 11.8. The molecule has 0 aliphatic carbocycles. The van der Waals surface area contributed by atoms with Crippen LogP contribution in [-0.4, -0.2) is 63.8 Å². The van der Waals surface area contributed by atoms with Crippen LogP contribution in [0.25, 0.3) is 0 Å². The number of nitrogens with zero attached hydrogens (tertiary/aromatic N) is 1. The van der Waals surface area contributed by atoms with Crippen molar-refractivity contribution in [3.63, 3.8) is 0 Å². The molecule has 0 spiro atoms. The number of aliphatic hydroxyl groups excluding tert-OH is 3. The summed E-state index contributed by atoms with van der Waals surface area (Å²) in [6.07, 6.45) is 4.78. The van der Waals surface area contributed by atoms with E-state index in [4.69, 9.17) is 4.74 Å². The predicted octanol–water partition coefficient (Wildman–Crippen LogP) is 1.41. The molecule has 0 bridgehead atoms. The van der Waals surface area contributed by atoms with E-state index in [1.165, 1.54) is 43.9 Å². The average Bonchev–Trinajstić information content (AvgIpc) is 2.52. The van der Waals surface area contributed by atoms with Crippen LogP contribution in [0.2, 0.25) is 0 Å². The van der Waals surface area contributed by atoms with Gasteiger partial charge in [0.15, 0.2) is 6.23 Å². The molecule has 1 rings (SSSR count). The Balaban J connectivity index is 2.31. The highest BCUT2D eigenvalue weighted by Crippen LogP contribution is 2.20. The van der Waals surface area contributed by atoms with Crippen molar-refractivity contribution in [2.75, 3.05) is 13.2 Å². The van der Waals surface area contributed by atoms with Gasteiger partial charge in [-0.3, -0.25) is 4.79 Å². The molecule has 1 aliphatic rings. The molecule has 0 radical (unpaired) electrons. The normalized spacial score (nSPS) is 27.9. The summed E-state index contributed by atoms with van der Waals surface area (Å²) in [5, 5.41) is 29.2. The van der Waals surface area contributed by atoms with Crippen LogP contribution in [0, 0.1) is 0 Å². The summed E-state index contributed by atoms with van der Waals surface area (Å²) in [5.74, 6) is -0.194. The van der Waals surface area contributed by atoms with Gasteiger partial charge in [0.05, 0.1) is 6.61 Å². The monoisotopic (exact) mass is 331 g/mol. The number of hydrogen-bond acceptors (Lipinski definition) is 5. The third kappa shape index (κ3) is 6.75. The van der Waals surface area contributed by atoms with Crippen molar-refractivity contribution >= 4 is 5.91 Å². The molecular formula is C17H33NO5. The third-order valence-electron chi connectivity index (χ3n) is 4.44.